The maximum atomic E-state index is 12.3. The Kier molecular flexibility index (Phi) is 6.41. The molecule has 0 unspecified atom stereocenters. The Hall–Kier alpha value is -4.20. The SMILES string of the molecule is O=C(CCc1nc2ccccc2n1-c1ccccc1)NCCNC(=O)c1ncccc1O. The summed E-state index contributed by atoms with van der Waals surface area (Å²) in [5.74, 6) is 0.00217. The van der Waals surface area contributed by atoms with Crippen LogP contribution in [-0.4, -0.2) is 44.5 Å². The van der Waals surface area contributed by atoms with Crippen molar-refractivity contribution in [2.24, 2.45) is 0 Å². The van der Waals surface area contributed by atoms with Crippen molar-refractivity contribution >= 4 is 22.8 Å². The Morgan fingerprint density at radius 1 is 0.906 bits per heavy atom. The smallest absolute Gasteiger partial charge is 0.273 e. The van der Waals surface area contributed by atoms with Gasteiger partial charge in [0.25, 0.3) is 5.91 Å². The maximum Gasteiger partial charge on any atom is 0.273 e. The second kappa shape index (κ2) is 9.74. The number of nitrogens with one attached hydrogen (secondary N) is 2. The first-order valence-electron chi connectivity index (χ1n) is 10.3. The van der Waals surface area contributed by atoms with Gasteiger partial charge in [0.1, 0.15) is 11.6 Å². The van der Waals surface area contributed by atoms with Crippen molar-refractivity contribution < 1.29 is 14.7 Å². The molecule has 0 bridgehead atoms. The third kappa shape index (κ3) is 4.75. The molecule has 2 amide bonds. The summed E-state index contributed by atoms with van der Waals surface area (Å²) in [6, 6.07) is 20.8. The van der Waals surface area contributed by atoms with E-state index >= 15 is 0 Å². The van der Waals surface area contributed by atoms with E-state index < -0.39 is 5.91 Å². The average Bonchev–Trinajstić information content (AvgIpc) is 3.19. The van der Waals surface area contributed by atoms with Crippen LogP contribution in [0.25, 0.3) is 16.7 Å². The Bertz CT molecular complexity index is 1240. The highest BCUT2D eigenvalue weighted by Gasteiger charge is 2.14. The van der Waals surface area contributed by atoms with Gasteiger partial charge in [-0.2, -0.15) is 0 Å². The second-order valence-electron chi connectivity index (χ2n) is 7.16. The van der Waals surface area contributed by atoms with Crippen molar-refractivity contribution in [3.63, 3.8) is 0 Å². The number of amides is 2. The molecule has 0 aliphatic heterocycles. The summed E-state index contributed by atoms with van der Waals surface area (Å²) in [6.45, 7) is 0.496. The van der Waals surface area contributed by atoms with Gasteiger partial charge < -0.3 is 15.7 Å². The molecule has 0 saturated carbocycles. The lowest BCUT2D eigenvalue weighted by atomic mass is 10.2. The number of para-hydroxylation sites is 3. The summed E-state index contributed by atoms with van der Waals surface area (Å²) in [6.07, 6.45) is 2.17. The van der Waals surface area contributed by atoms with Crippen molar-refractivity contribution in [2.45, 2.75) is 12.8 Å². The minimum Gasteiger partial charge on any atom is -0.505 e. The maximum absolute atomic E-state index is 12.3. The molecule has 0 aliphatic rings. The van der Waals surface area contributed by atoms with E-state index in [0.29, 0.717) is 6.42 Å². The molecular weight excluding hydrogens is 406 g/mol. The molecule has 0 spiro atoms. The highest BCUT2D eigenvalue weighted by atomic mass is 16.3. The molecule has 0 fully saturated rings. The lowest BCUT2D eigenvalue weighted by molar-refractivity contribution is -0.121. The number of pyridine rings is 1. The number of aryl methyl sites for hydroxylation is 1. The van der Waals surface area contributed by atoms with Crippen LogP contribution in [0.4, 0.5) is 0 Å². The number of hydrogen-bond acceptors (Lipinski definition) is 5. The van der Waals surface area contributed by atoms with Crippen molar-refractivity contribution in [3.05, 3.63) is 84.4 Å². The molecule has 2 aromatic carbocycles. The topological polar surface area (TPSA) is 109 Å². The number of carbonyl (C=O) groups excluding carboxylic acids is 2. The number of rotatable bonds is 8. The Balaban J connectivity index is 1.33. The first-order valence-corrected chi connectivity index (χ1v) is 10.3. The molecular formula is C24H23N5O3. The Labute approximate surface area is 184 Å². The normalized spacial score (nSPS) is 10.8. The molecule has 0 atom stereocenters. The number of nitrogens with zero attached hydrogens (tertiary/aromatic N) is 3. The van der Waals surface area contributed by atoms with Gasteiger partial charge in [0.2, 0.25) is 5.91 Å². The van der Waals surface area contributed by atoms with Crippen LogP contribution < -0.4 is 10.6 Å². The van der Waals surface area contributed by atoms with Gasteiger partial charge in [-0.05, 0) is 36.4 Å². The molecule has 4 rings (SSSR count). The zero-order valence-electron chi connectivity index (χ0n) is 17.4. The summed E-state index contributed by atoms with van der Waals surface area (Å²) in [5, 5.41) is 15.1. The lowest BCUT2D eigenvalue weighted by Crippen LogP contribution is -2.35. The van der Waals surface area contributed by atoms with Crippen LogP contribution in [0.5, 0.6) is 5.75 Å². The van der Waals surface area contributed by atoms with Crippen LogP contribution in [0.15, 0.2) is 72.9 Å². The Morgan fingerprint density at radius 3 is 2.47 bits per heavy atom. The minimum absolute atomic E-state index is 0.0429. The third-order valence-corrected chi connectivity index (χ3v) is 4.95. The quantitative estimate of drug-likeness (QED) is 0.373. The van der Waals surface area contributed by atoms with Crippen molar-refractivity contribution in [2.75, 3.05) is 13.1 Å². The molecule has 0 saturated heterocycles. The number of hydrogen-bond donors (Lipinski definition) is 3. The monoisotopic (exact) mass is 429 g/mol. The highest BCUT2D eigenvalue weighted by molar-refractivity contribution is 5.94. The lowest BCUT2D eigenvalue weighted by Gasteiger charge is -2.10. The summed E-state index contributed by atoms with van der Waals surface area (Å²) >= 11 is 0. The van der Waals surface area contributed by atoms with Crippen molar-refractivity contribution in [3.8, 4) is 11.4 Å². The van der Waals surface area contributed by atoms with Gasteiger partial charge in [-0.3, -0.25) is 14.2 Å². The third-order valence-electron chi connectivity index (χ3n) is 4.95. The van der Waals surface area contributed by atoms with Crippen molar-refractivity contribution in [1.29, 1.82) is 0 Å². The van der Waals surface area contributed by atoms with Gasteiger partial charge in [-0.15, -0.1) is 0 Å². The minimum atomic E-state index is -0.492. The summed E-state index contributed by atoms with van der Waals surface area (Å²) in [7, 11) is 0. The van der Waals surface area contributed by atoms with Gasteiger partial charge in [0, 0.05) is 37.8 Å². The molecule has 8 heteroatoms. The number of aromatic nitrogens is 3. The average molecular weight is 429 g/mol. The zero-order chi connectivity index (χ0) is 22.3. The molecule has 4 aromatic rings. The van der Waals surface area contributed by atoms with E-state index in [0.717, 1.165) is 22.5 Å². The number of carbonyl (C=O) groups is 2. The van der Waals surface area contributed by atoms with Crippen LogP contribution in [0.2, 0.25) is 0 Å². The zero-order valence-corrected chi connectivity index (χ0v) is 17.4. The predicted molar refractivity (Wildman–Crippen MR) is 121 cm³/mol. The van der Waals surface area contributed by atoms with Gasteiger partial charge >= 0.3 is 0 Å². The van der Waals surface area contributed by atoms with Gasteiger partial charge in [0.05, 0.1) is 11.0 Å². The summed E-state index contributed by atoms with van der Waals surface area (Å²) in [5.41, 5.74) is 2.83. The standard InChI is InChI=1S/C24H23N5O3/c30-20-11-6-14-26-23(20)24(32)27-16-15-25-22(31)13-12-21-28-18-9-4-5-10-19(18)29(21)17-7-2-1-3-8-17/h1-11,14,30H,12-13,15-16H2,(H,25,31)(H,27,32). The fraction of sp³-hybridized carbons (Fsp3) is 0.167. The number of fused-ring (bicyclic) bond motifs is 1. The largest absolute Gasteiger partial charge is 0.505 e. The molecule has 2 heterocycles. The van der Waals surface area contributed by atoms with Crippen LogP contribution in [0.3, 0.4) is 0 Å². The fourth-order valence-corrected chi connectivity index (χ4v) is 3.46. The molecule has 2 aromatic heterocycles. The summed E-state index contributed by atoms with van der Waals surface area (Å²) in [4.78, 5) is 32.9. The Morgan fingerprint density at radius 2 is 1.66 bits per heavy atom. The first kappa shape index (κ1) is 21.0. The van der Waals surface area contributed by atoms with E-state index in [4.69, 9.17) is 4.98 Å². The van der Waals surface area contributed by atoms with Gasteiger partial charge in [-0.25, -0.2) is 9.97 Å². The molecule has 3 N–H and O–H groups in total. The van der Waals surface area contributed by atoms with E-state index in [1.165, 1.54) is 12.3 Å². The van der Waals surface area contributed by atoms with Crippen LogP contribution in [0.1, 0.15) is 22.7 Å². The molecule has 0 aliphatic carbocycles. The number of imidazole rings is 1. The van der Waals surface area contributed by atoms with Crippen LogP contribution in [0, 0.1) is 0 Å². The van der Waals surface area contributed by atoms with Crippen molar-refractivity contribution in [1.82, 2.24) is 25.2 Å². The molecule has 8 nitrogen and oxygen atoms in total. The molecule has 0 radical (unpaired) electrons. The molecule has 162 valence electrons. The van der Waals surface area contributed by atoms with E-state index in [1.54, 1.807) is 6.07 Å². The van der Waals surface area contributed by atoms with Crippen LogP contribution >= 0.6 is 0 Å². The van der Waals surface area contributed by atoms with Gasteiger partial charge in [0.15, 0.2) is 5.69 Å². The number of benzene rings is 2. The fourth-order valence-electron chi connectivity index (χ4n) is 3.46. The van der Waals surface area contributed by atoms with Gasteiger partial charge in [-0.1, -0.05) is 30.3 Å². The van der Waals surface area contributed by atoms with E-state index in [9.17, 15) is 14.7 Å². The first-order chi connectivity index (χ1) is 15.6. The summed E-state index contributed by atoms with van der Waals surface area (Å²) < 4.78 is 2.07. The van der Waals surface area contributed by atoms with E-state index in [1.807, 2.05) is 54.6 Å². The van der Waals surface area contributed by atoms with E-state index in [2.05, 4.69) is 20.2 Å². The molecule has 32 heavy (non-hydrogen) atoms. The highest BCUT2D eigenvalue weighted by Crippen LogP contribution is 2.22. The number of aromatic hydroxyl groups is 1. The van der Waals surface area contributed by atoms with E-state index in [-0.39, 0.29) is 36.9 Å². The van der Waals surface area contributed by atoms with Crippen LogP contribution in [-0.2, 0) is 11.2 Å². The second-order valence-corrected chi connectivity index (χ2v) is 7.16. The predicted octanol–water partition coefficient (Wildman–Crippen LogP) is 2.60.